The van der Waals surface area contributed by atoms with Crippen molar-refractivity contribution in [2.75, 3.05) is 56.3 Å². The third-order valence-electron chi connectivity index (χ3n) is 5.95. The van der Waals surface area contributed by atoms with Gasteiger partial charge in [0.1, 0.15) is 18.0 Å². The Bertz CT molecular complexity index is 1450. The van der Waals surface area contributed by atoms with Gasteiger partial charge in [-0.15, -0.1) is 0 Å². The number of ether oxygens (including phenoxy) is 1. The van der Waals surface area contributed by atoms with Gasteiger partial charge in [-0.25, -0.2) is 9.78 Å². The third kappa shape index (κ3) is 9.26. The molecule has 0 bridgehead atoms. The number of rotatable bonds is 11. The molecule has 42 heavy (non-hydrogen) atoms. The summed E-state index contributed by atoms with van der Waals surface area (Å²) < 4.78 is 7.13. The van der Waals surface area contributed by atoms with Gasteiger partial charge >= 0.3 is 6.09 Å². The van der Waals surface area contributed by atoms with Crippen molar-refractivity contribution in [3.8, 4) is 11.8 Å². The fraction of sp³-hybridized carbons (Fsp3) is 0.500. The molecule has 0 atom stereocenters. The lowest BCUT2D eigenvalue weighted by molar-refractivity contribution is -0.122. The molecular formula is C30H43N9O3. The minimum absolute atomic E-state index is 0.0717. The van der Waals surface area contributed by atoms with Crippen LogP contribution >= 0.6 is 0 Å². The number of anilines is 4. The van der Waals surface area contributed by atoms with Gasteiger partial charge in [0.2, 0.25) is 11.9 Å². The van der Waals surface area contributed by atoms with E-state index in [2.05, 4.69) is 49.8 Å². The smallest absolute Gasteiger partial charge is 0.410 e. The van der Waals surface area contributed by atoms with E-state index >= 15 is 0 Å². The highest BCUT2D eigenvalue weighted by molar-refractivity contribution is 5.93. The summed E-state index contributed by atoms with van der Waals surface area (Å²) in [6.45, 7) is 8.57. The monoisotopic (exact) mass is 577 g/mol. The van der Waals surface area contributed by atoms with Gasteiger partial charge in [-0.3, -0.25) is 9.48 Å². The first-order chi connectivity index (χ1) is 19.9. The van der Waals surface area contributed by atoms with E-state index in [4.69, 9.17) is 4.74 Å². The van der Waals surface area contributed by atoms with Crippen molar-refractivity contribution >= 4 is 46.2 Å². The van der Waals surface area contributed by atoms with Crippen molar-refractivity contribution in [1.29, 1.82) is 0 Å². The predicted molar refractivity (Wildman–Crippen MR) is 167 cm³/mol. The fourth-order valence-electron chi connectivity index (χ4n) is 3.93. The van der Waals surface area contributed by atoms with Crippen LogP contribution in [0.25, 0.3) is 10.9 Å². The Balaban J connectivity index is 1.58. The molecule has 12 nitrogen and oxygen atoms in total. The Morgan fingerprint density at radius 3 is 2.60 bits per heavy atom. The number of nitrogens with one attached hydrogen (secondary N) is 3. The van der Waals surface area contributed by atoms with E-state index in [1.807, 2.05) is 48.9 Å². The second kappa shape index (κ2) is 14.4. The highest BCUT2D eigenvalue weighted by Gasteiger charge is 2.21. The van der Waals surface area contributed by atoms with Crippen LogP contribution in [-0.4, -0.2) is 83.0 Å². The van der Waals surface area contributed by atoms with Crippen LogP contribution in [-0.2, 0) is 16.6 Å². The second-order valence-corrected chi connectivity index (χ2v) is 11.2. The number of unbranched alkanes of at least 4 members (excludes halogenated alkanes) is 1. The number of aryl methyl sites for hydroxylation is 1. The molecule has 0 aliphatic carbocycles. The average molecular weight is 578 g/mol. The molecule has 0 unspecified atom stereocenters. The van der Waals surface area contributed by atoms with Crippen LogP contribution in [0, 0.1) is 11.8 Å². The van der Waals surface area contributed by atoms with Crippen LogP contribution in [0.2, 0.25) is 0 Å². The first kappa shape index (κ1) is 32.0. The van der Waals surface area contributed by atoms with Gasteiger partial charge in [0.05, 0.1) is 17.3 Å². The Morgan fingerprint density at radius 2 is 1.90 bits per heavy atom. The van der Waals surface area contributed by atoms with E-state index in [0.29, 0.717) is 36.7 Å². The molecule has 3 aromatic rings. The molecule has 0 aliphatic heterocycles. The number of carbonyl (C=O) groups is 2. The Hall–Kier alpha value is -4.53. The Labute approximate surface area is 248 Å². The van der Waals surface area contributed by atoms with Crippen LogP contribution < -0.4 is 20.9 Å². The molecule has 0 spiro atoms. The van der Waals surface area contributed by atoms with Gasteiger partial charge in [0, 0.05) is 58.8 Å². The number of benzene rings is 1. The maximum absolute atomic E-state index is 12.2. The quantitative estimate of drug-likeness (QED) is 0.228. The average Bonchev–Trinajstić information content (AvgIpc) is 3.25. The molecular weight excluding hydrogens is 534 g/mol. The number of nitrogens with zero attached hydrogens (tertiary/aromatic N) is 6. The lowest BCUT2D eigenvalue weighted by Crippen LogP contribution is -2.41. The molecule has 0 aliphatic rings. The third-order valence-corrected chi connectivity index (χ3v) is 5.95. The van der Waals surface area contributed by atoms with Gasteiger partial charge in [0.25, 0.3) is 0 Å². The molecule has 3 N–H and O–H groups in total. The summed E-state index contributed by atoms with van der Waals surface area (Å²) in [6.07, 6.45) is 3.36. The molecule has 3 rings (SSSR count). The molecule has 2 heterocycles. The molecule has 0 saturated carbocycles. The van der Waals surface area contributed by atoms with Crippen molar-refractivity contribution in [2.24, 2.45) is 7.05 Å². The Morgan fingerprint density at radius 1 is 1.14 bits per heavy atom. The zero-order valence-electron chi connectivity index (χ0n) is 26.0. The molecule has 0 radical (unpaired) electrons. The predicted octanol–water partition coefficient (Wildman–Crippen LogP) is 4.11. The van der Waals surface area contributed by atoms with Gasteiger partial charge < -0.3 is 30.5 Å². The summed E-state index contributed by atoms with van der Waals surface area (Å²) in [5, 5.41) is 15.1. The number of hydrogen-bond donors (Lipinski definition) is 3. The van der Waals surface area contributed by atoms with Gasteiger partial charge in [-0.05, 0) is 51.8 Å². The van der Waals surface area contributed by atoms with Crippen LogP contribution in [0.1, 0.15) is 52.5 Å². The van der Waals surface area contributed by atoms with Crippen LogP contribution in [0.15, 0.2) is 24.4 Å². The van der Waals surface area contributed by atoms with E-state index in [9.17, 15) is 9.59 Å². The number of carbonyl (C=O) groups excluding carboxylic acids is 2. The number of amides is 2. The molecule has 0 saturated heterocycles. The van der Waals surface area contributed by atoms with E-state index in [1.165, 1.54) is 11.9 Å². The Kier molecular flexibility index (Phi) is 11.0. The van der Waals surface area contributed by atoms with Crippen molar-refractivity contribution in [3.63, 3.8) is 0 Å². The first-order valence-corrected chi connectivity index (χ1v) is 14.1. The van der Waals surface area contributed by atoms with Crippen molar-refractivity contribution in [3.05, 3.63) is 30.0 Å². The fourth-order valence-corrected chi connectivity index (χ4v) is 3.93. The minimum atomic E-state index is -0.611. The molecule has 2 amide bonds. The standard InChI is InChI=1S/C30H43N9O3/c1-9-16-32-26-21(13-11-10-12-17-31-25(40)20-38(7)29(41)42-30(2,3)4)19-33-28(35-26)34-22-14-15-24-23(18-22)27(37(5)6)36-39(24)8/h14-15,18-19H,9-10,12,16-17,20H2,1-8H3,(H,31,40)(H2,32,33,34,35). The van der Waals surface area contributed by atoms with Crippen molar-refractivity contribution in [1.82, 2.24) is 30.0 Å². The van der Waals surface area contributed by atoms with Crippen LogP contribution in [0.3, 0.4) is 0 Å². The summed E-state index contributed by atoms with van der Waals surface area (Å²) in [4.78, 5) is 36.6. The largest absolute Gasteiger partial charge is 0.444 e. The highest BCUT2D eigenvalue weighted by Crippen LogP contribution is 2.28. The molecule has 0 fully saturated rings. The van der Waals surface area contributed by atoms with E-state index in [-0.39, 0.29) is 12.5 Å². The summed E-state index contributed by atoms with van der Waals surface area (Å²) >= 11 is 0. The summed E-state index contributed by atoms with van der Waals surface area (Å²) in [7, 11) is 7.41. The zero-order valence-corrected chi connectivity index (χ0v) is 26.0. The van der Waals surface area contributed by atoms with Crippen LogP contribution in [0.5, 0.6) is 0 Å². The number of hydrogen-bond acceptors (Lipinski definition) is 9. The van der Waals surface area contributed by atoms with E-state index in [0.717, 1.165) is 35.4 Å². The lowest BCUT2D eigenvalue weighted by Gasteiger charge is -2.24. The van der Waals surface area contributed by atoms with Gasteiger partial charge in [-0.2, -0.15) is 10.1 Å². The highest BCUT2D eigenvalue weighted by atomic mass is 16.6. The maximum Gasteiger partial charge on any atom is 0.410 e. The summed E-state index contributed by atoms with van der Waals surface area (Å²) in [5.41, 5.74) is 1.99. The molecule has 1 aromatic carbocycles. The summed E-state index contributed by atoms with van der Waals surface area (Å²) in [5.74, 6) is 8.07. The van der Waals surface area contributed by atoms with Gasteiger partial charge in [0.15, 0.2) is 5.82 Å². The topological polar surface area (TPSA) is 130 Å². The van der Waals surface area contributed by atoms with Gasteiger partial charge in [-0.1, -0.05) is 18.8 Å². The van der Waals surface area contributed by atoms with Crippen LogP contribution in [0.4, 0.5) is 28.1 Å². The minimum Gasteiger partial charge on any atom is -0.444 e. The number of aromatic nitrogens is 4. The number of fused-ring (bicyclic) bond motifs is 1. The molecule has 226 valence electrons. The normalized spacial score (nSPS) is 11.0. The molecule has 12 heteroatoms. The summed E-state index contributed by atoms with van der Waals surface area (Å²) in [6, 6.07) is 6.05. The maximum atomic E-state index is 12.2. The first-order valence-electron chi connectivity index (χ1n) is 14.1. The van der Waals surface area contributed by atoms with Crippen molar-refractivity contribution in [2.45, 2.75) is 52.6 Å². The SMILES string of the molecule is CCCNc1nc(Nc2ccc3c(c2)c(N(C)C)nn3C)ncc1C#CCCCNC(=O)CN(C)C(=O)OC(C)(C)C. The molecule has 2 aromatic heterocycles. The van der Waals surface area contributed by atoms with E-state index in [1.54, 1.807) is 27.0 Å². The second-order valence-electron chi connectivity index (χ2n) is 11.2. The zero-order chi connectivity index (χ0) is 30.9. The number of likely N-dealkylation sites (N-methyl/N-ethyl adjacent to an activating group) is 1. The van der Waals surface area contributed by atoms with E-state index < -0.39 is 11.7 Å². The van der Waals surface area contributed by atoms with Crippen molar-refractivity contribution < 1.29 is 14.3 Å². The lowest BCUT2D eigenvalue weighted by atomic mass is 10.2.